The quantitative estimate of drug-likeness (QED) is 0.233. The lowest BCUT2D eigenvalue weighted by molar-refractivity contribution is 0.0502. The summed E-state index contributed by atoms with van der Waals surface area (Å²) >= 11 is 0. The van der Waals surface area contributed by atoms with Crippen molar-refractivity contribution in [1.29, 1.82) is 0 Å². The first-order valence-corrected chi connectivity index (χ1v) is 10.6. The maximum absolute atomic E-state index is 13.3. The Labute approximate surface area is 187 Å². The van der Waals surface area contributed by atoms with E-state index in [1.807, 2.05) is 6.92 Å². The molecule has 0 aliphatic heterocycles. The highest BCUT2D eigenvalue weighted by Gasteiger charge is 2.27. The number of carbonyl (C=O) groups is 2. The molecule has 0 spiro atoms. The number of nitrogens with zero attached hydrogens (tertiary/aromatic N) is 4. The van der Waals surface area contributed by atoms with E-state index in [1.54, 1.807) is 34.6 Å². The molecule has 0 saturated carbocycles. The van der Waals surface area contributed by atoms with E-state index in [1.165, 1.54) is 4.90 Å². The van der Waals surface area contributed by atoms with Gasteiger partial charge in [0.25, 0.3) is 5.91 Å². The van der Waals surface area contributed by atoms with Crippen LogP contribution in [-0.2, 0) is 11.3 Å². The highest BCUT2D eigenvalue weighted by atomic mass is 16.6. The minimum atomic E-state index is -0.641. The van der Waals surface area contributed by atoms with Crippen LogP contribution < -0.4 is 15.5 Å². The van der Waals surface area contributed by atoms with Crippen LogP contribution >= 0.6 is 0 Å². The van der Waals surface area contributed by atoms with Crippen molar-refractivity contribution in [3.63, 3.8) is 0 Å². The van der Waals surface area contributed by atoms with E-state index in [0.29, 0.717) is 6.42 Å². The van der Waals surface area contributed by atoms with Gasteiger partial charge in [-0.1, -0.05) is 18.5 Å². The van der Waals surface area contributed by atoms with Gasteiger partial charge in [-0.3, -0.25) is 9.59 Å². The summed E-state index contributed by atoms with van der Waals surface area (Å²) in [5.41, 5.74) is 7.37. The molecule has 1 N–H and O–H groups in total. The van der Waals surface area contributed by atoms with E-state index in [4.69, 9.17) is 19.4 Å². The first kappa shape index (κ1) is 26.8. The van der Waals surface area contributed by atoms with Gasteiger partial charge >= 0.3 is 6.09 Å². The van der Waals surface area contributed by atoms with Gasteiger partial charge < -0.3 is 24.1 Å². The third-order valence-corrected chi connectivity index (χ3v) is 4.09. The summed E-state index contributed by atoms with van der Waals surface area (Å²) in [5.74, 6) is -0.964. The molecule has 0 bridgehead atoms. The Bertz CT molecular complexity index is 884. The molecule has 0 unspecified atom stereocenters. The van der Waals surface area contributed by atoms with Gasteiger partial charge in [-0.25, -0.2) is 4.79 Å². The fraction of sp³-hybridized carbons (Fsp3) is 0.667. The summed E-state index contributed by atoms with van der Waals surface area (Å²) in [6.45, 7) is 11.1. The summed E-state index contributed by atoms with van der Waals surface area (Å²) in [4.78, 5) is 41.9. The zero-order valence-corrected chi connectivity index (χ0v) is 19.6. The minimum absolute atomic E-state index is 0.0505. The molecule has 11 heteroatoms. The topological polar surface area (TPSA) is 147 Å². The lowest BCUT2D eigenvalue weighted by Crippen LogP contribution is -2.43. The molecule has 0 radical (unpaired) electrons. The van der Waals surface area contributed by atoms with E-state index in [0.717, 1.165) is 12.5 Å². The Morgan fingerprint density at radius 1 is 1.34 bits per heavy atom. The average molecular weight is 452 g/mol. The summed E-state index contributed by atoms with van der Waals surface area (Å²) in [7, 11) is 0. The molecule has 1 rings (SSSR count). The van der Waals surface area contributed by atoms with Crippen molar-refractivity contribution in [1.82, 2.24) is 10.2 Å². The number of carbonyl (C=O) groups excluding carboxylic acids is 2. The van der Waals surface area contributed by atoms with Gasteiger partial charge in [0.15, 0.2) is 0 Å². The second kappa shape index (κ2) is 12.6. The fourth-order valence-electron chi connectivity index (χ4n) is 2.62. The summed E-state index contributed by atoms with van der Waals surface area (Å²) < 4.78 is 16.4. The predicted octanol–water partition coefficient (Wildman–Crippen LogP) is 4.00. The predicted molar refractivity (Wildman–Crippen MR) is 119 cm³/mol. The molecule has 32 heavy (non-hydrogen) atoms. The molecule has 2 amide bonds. The van der Waals surface area contributed by atoms with Crippen molar-refractivity contribution in [3.8, 4) is 5.75 Å². The van der Waals surface area contributed by atoms with Gasteiger partial charge in [0.05, 0.1) is 13.2 Å². The van der Waals surface area contributed by atoms with E-state index in [-0.39, 0.29) is 49.6 Å². The lowest BCUT2D eigenvalue weighted by atomic mass is 10.2. The molecule has 1 aromatic rings. The third-order valence-electron chi connectivity index (χ3n) is 4.09. The zero-order chi connectivity index (χ0) is 24.3. The van der Waals surface area contributed by atoms with Crippen LogP contribution in [0, 0.1) is 0 Å². The fourth-order valence-corrected chi connectivity index (χ4v) is 2.62. The molecule has 0 atom stereocenters. The van der Waals surface area contributed by atoms with Gasteiger partial charge in [-0.2, -0.15) is 0 Å². The summed E-state index contributed by atoms with van der Waals surface area (Å²) in [5, 5.41) is 5.99. The summed E-state index contributed by atoms with van der Waals surface area (Å²) in [6.07, 6.45) is 0.944. The van der Waals surface area contributed by atoms with Crippen molar-refractivity contribution >= 4 is 12.0 Å². The number of unbranched alkanes of at least 4 members (excludes halogenated alkanes) is 1. The maximum atomic E-state index is 13.3. The van der Waals surface area contributed by atoms with Crippen LogP contribution in [0.5, 0.6) is 5.75 Å². The number of amides is 2. The average Bonchev–Trinajstić information content (AvgIpc) is 2.68. The number of rotatable bonds is 11. The summed E-state index contributed by atoms with van der Waals surface area (Å²) in [6, 6.07) is 0.883. The molecule has 1 heterocycles. The smallest absolute Gasteiger partial charge is 0.407 e. The van der Waals surface area contributed by atoms with Gasteiger partial charge in [0.2, 0.25) is 16.9 Å². The number of azide groups is 1. The van der Waals surface area contributed by atoms with Crippen LogP contribution in [0.15, 0.2) is 20.4 Å². The van der Waals surface area contributed by atoms with Crippen LogP contribution in [0.25, 0.3) is 10.4 Å². The van der Waals surface area contributed by atoms with Crippen molar-refractivity contribution in [3.05, 3.63) is 38.3 Å². The molecule has 178 valence electrons. The van der Waals surface area contributed by atoms with Crippen molar-refractivity contribution < 1.29 is 23.5 Å². The standard InChI is InChI=1S/C21H33N5O6/c1-7-8-11-30-17-16(27)12-15(13-24-25-22)31-18(17)19(28)26(14(2)3)10-9-23-20(29)32-21(4,5)6/h12,14H,7-11,13H2,1-6H3,(H,23,29). The van der Waals surface area contributed by atoms with E-state index >= 15 is 0 Å². The Morgan fingerprint density at radius 3 is 2.59 bits per heavy atom. The van der Waals surface area contributed by atoms with Crippen molar-refractivity contribution in [2.24, 2.45) is 5.11 Å². The van der Waals surface area contributed by atoms with Gasteiger partial charge in [-0.15, -0.1) is 0 Å². The SMILES string of the molecule is CCCCOc1c(C(=O)N(CCNC(=O)OC(C)(C)C)C(C)C)oc(CN=[N+]=[N-])cc1=O. The lowest BCUT2D eigenvalue weighted by Gasteiger charge is -2.27. The zero-order valence-electron chi connectivity index (χ0n) is 19.6. The number of ether oxygens (including phenoxy) is 2. The van der Waals surface area contributed by atoms with Crippen LogP contribution in [0.4, 0.5) is 4.79 Å². The first-order valence-electron chi connectivity index (χ1n) is 10.6. The molecular weight excluding hydrogens is 418 g/mol. The second-order valence-electron chi connectivity index (χ2n) is 8.35. The molecule has 0 aromatic carbocycles. The van der Waals surface area contributed by atoms with E-state index < -0.39 is 23.0 Å². The molecule has 1 aromatic heterocycles. The molecule has 0 saturated heterocycles. The van der Waals surface area contributed by atoms with Gasteiger partial charge in [-0.05, 0) is 46.6 Å². The third kappa shape index (κ3) is 8.89. The van der Waals surface area contributed by atoms with Gasteiger partial charge in [0, 0.05) is 30.1 Å². The van der Waals surface area contributed by atoms with E-state index in [9.17, 15) is 14.4 Å². The van der Waals surface area contributed by atoms with Crippen LogP contribution in [0.1, 0.15) is 70.7 Å². The number of hydrogen-bond donors (Lipinski definition) is 1. The highest BCUT2D eigenvalue weighted by Crippen LogP contribution is 2.20. The molecule has 11 nitrogen and oxygen atoms in total. The van der Waals surface area contributed by atoms with Crippen molar-refractivity contribution in [2.75, 3.05) is 19.7 Å². The Morgan fingerprint density at radius 2 is 2.03 bits per heavy atom. The highest BCUT2D eigenvalue weighted by molar-refractivity contribution is 5.94. The maximum Gasteiger partial charge on any atom is 0.407 e. The molecule has 0 fully saturated rings. The molecule has 0 aliphatic rings. The normalized spacial score (nSPS) is 11.0. The van der Waals surface area contributed by atoms with E-state index in [2.05, 4.69) is 15.3 Å². The second-order valence-corrected chi connectivity index (χ2v) is 8.35. The Hall–Kier alpha value is -3.20. The molecule has 0 aliphatic carbocycles. The Balaban J connectivity index is 3.13. The first-order chi connectivity index (χ1) is 15.0. The minimum Gasteiger partial charge on any atom is -0.486 e. The largest absolute Gasteiger partial charge is 0.486 e. The van der Waals surface area contributed by atoms with Crippen LogP contribution in [-0.4, -0.2) is 48.2 Å². The Kier molecular flexibility index (Phi) is 10.6. The van der Waals surface area contributed by atoms with Gasteiger partial charge in [0.1, 0.15) is 11.4 Å². The molecular formula is C21H33N5O6. The van der Waals surface area contributed by atoms with Crippen LogP contribution in [0.2, 0.25) is 0 Å². The van der Waals surface area contributed by atoms with Crippen LogP contribution in [0.3, 0.4) is 0 Å². The van der Waals surface area contributed by atoms with Crippen molar-refractivity contribution in [2.45, 2.75) is 72.6 Å². The number of nitrogens with one attached hydrogen (secondary N) is 1. The monoisotopic (exact) mass is 451 g/mol. The number of alkyl carbamates (subject to hydrolysis) is 1. The number of hydrogen-bond acceptors (Lipinski definition) is 7.